The van der Waals surface area contributed by atoms with E-state index in [4.69, 9.17) is 9.15 Å². The quantitative estimate of drug-likeness (QED) is 0.444. The van der Waals surface area contributed by atoms with Crippen LogP contribution in [0.4, 0.5) is 0 Å². The second kappa shape index (κ2) is 8.39. The Bertz CT molecular complexity index is 701. The number of nitrogens with zero attached hydrogens (tertiary/aromatic N) is 2. The number of benzene rings is 2. The fraction of sp³-hybridized carbons (Fsp3) is 0.222. The molecule has 3 aromatic rings. The predicted octanol–water partition coefficient (Wildman–Crippen LogP) is 4.69. The Labute approximate surface area is 139 Å². The van der Waals surface area contributed by atoms with Crippen LogP contribution >= 0.6 is 11.8 Å². The van der Waals surface area contributed by atoms with Crippen molar-refractivity contribution in [1.29, 1.82) is 0 Å². The molecule has 0 aliphatic rings. The van der Waals surface area contributed by atoms with Gasteiger partial charge in [-0.3, -0.25) is 0 Å². The predicted molar refractivity (Wildman–Crippen MR) is 91.6 cm³/mol. The minimum atomic E-state index is 0.570. The molecule has 0 N–H and O–H groups in total. The fourth-order valence-corrected chi connectivity index (χ4v) is 2.80. The monoisotopic (exact) mass is 326 g/mol. The lowest BCUT2D eigenvalue weighted by Crippen LogP contribution is -1.97. The zero-order chi connectivity index (χ0) is 15.7. The first-order valence-electron chi connectivity index (χ1n) is 7.61. The maximum Gasteiger partial charge on any atom is 0.276 e. The molecule has 0 saturated heterocycles. The van der Waals surface area contributed by atoms with Gasteiger partial charge in [0.2, 0.25) is 5.89 Å². The van der Waals surface area contributed by atoms with Crippen LogP contribution in [0.5, 0.6) is 5.75 Å². The Balaban J connectivity index is 1.36. The Kier molecular flexibility index (Phi) is 5.69. The third-order valence-corrected chi connectivity index (χ3v) is 4.11. The molecule has 0 spiro atoms. The minimum absolute atomic E-state index is 0.570. The highest BCUT2D eigenvalue weighted by atomic mass is 32.2. The summed E-state index contributed by atoms with van der Waals surface area (Å²) >= 11 is 1.59. The number of thioether (sulfide) groups is 1. The second-order valence-electron chi connectivity index (χ2n) is 4.96. The first kappa shape index (κ1) is 15.6. The molecule has 5 heteroatoms. The average molecular weight is 326 g/mol. The van der Waals surface area contributed by atoms with Crippen LogP contribution in [0.25, 0.3) is 11.5 Å². The Morgan fingerprint density at radius 3 is 2.39 bits per heavy atom. The van der Waals surface area contributed by atoms with Crippen LogP contribution in [-0.2, 0) is 0 Å². The van der Waals surface area contributed by atoms with Crippen molar-refractivity contribution < 1.29 is 9.15 Å². The Hall–Kier alpha value is -2.27. The van der Waals surface area contributed by atoms with E-state index < -0.39 is 0 Å². The van der Waals surface area contributed by atoms with E-state index in [1.807, 2.05) is 60.7 Å². The standard InChI is InChI=1S/C18H18N2O2S/c1-3-9-15(10-4-1)17-19-20-18(22-17)23-14-8-7-13-21-16-11-5-2-6-12-16/h1-6,9-12H,7-8,13-14H2. The van der Waals surface area contributed by atoms with E-state index in [1.54, 1.807) is 11.8 Å². The molecule has 0 aliphatic carbocycles. The van der Waals surface area contributed by atoms with Crippen molar-refractivity contribution in [2.45, 2.75) is 18.1 Å². The minimum Gasteiger partial charge on any atom is -0.494 e. The van der Waals surface area contributed by atoms with Gasteiger partial charge in [-0.1, -0.05) is 48.2 Å². The van der Waals surface area contributed by atoms with E-state index in [9.17, 15) is 0 Å². The van der Waals surface area contributed by atoms with Crippen molar-refractivity contribution in [3.05, 3.63) is 60.7 Å². The van der Waals surface area contributed by atoms with E-state index >= 15 is 0 Å². The van der Waals surface area contributed by atoms with Crippen LogP contribution in [-0.4, -0.2) is 22.6 Å². The van der Waals surface area contributed by atoms with Gasteiger partial charge in [0.15, 0.2) is 0 Å². The zero-order valence-electron chi connectivity index (χ0n) is 12.7. The van der Waals surface area contributed by atoms with Gasteiger partial charge < -0.3 is 9.15 Å². The van der Waals surface area contributed by atoms with E-state index in [2.05, 4.69) is 10.2 Å². The maximum absolute atomic E-state index is 5.66. The van der Waals surface area contributed by atoms with Crippen LogP contribution in [0.3, 0.4) is 0 Å². The topological polar surface area (TPSA) is 48.2 Å². The number of hydrogen-bond acceptors (Lipinski definition) is 5. The van der Waals surface area contributed by atoms with Crippen LogP contribution < -0.4 is 4.74 Å². The van der Waals surface area contributed by atoms with Crippen molar-refractivity contribution >= 4 is 11.8 Å². The molecule has 1 heterocycles. The highest BCUT2D eigenvalue weighted by molar-refractivity contribution is 7.99. The molecule has 0 aliphatic heterocycles. The molecule has 0 radical (unpaired) electrons. The Morgan fingerprint density at radius 2 is 1.61 bits per heavy atom. The number of rotatable bonds is 8. The molecule has 0 atom stereocenters. The molecule has 2 aromatic carbocycles. The van der Waals surface area contributed by atoms with E-state index in [0.29, 0.717) is 11.1 Å². The molecule has 0 fully saturated rings. The first-order valence-corrected chi connectivity index (χ1v) is 8.60. The summed E-state index contributed by atoms with van der Waals surface area (Å²) in [4.78, 5) is 0. The molecule has 0 amide bonds. The number of hydrogen-bond donors (Lipinski definition) is 0. The number of unbranched alkanes of at least 4 members (excludes halogenated alkanes) is 1. The summed E-state index contributed by atoms with van der Waals surface area (Å²) in [5.74, 6) is 2.43. The molecule has 3 rings (SSSR count). The van der Waals surface area contributed by atoms with Gasteiger partial charge in [0.1, 0.15) is 5.75 Å². The third kappa shape index (κ3) is 4.86. The molecular weight excluding hydrogens is 308 g/mol. The molecule has 0 bridgehead atoms. The summed E-state index contributed by atoms with van der Waals surface area (Å²) < 4.78 is 11.3. The highest BCUT2D eigenvalue weighted by Gasteiger charge is 2.08. The van der Waals surface area contributed by atoms with Crippen LogP contribution in [0.1, 0.15) is 12.8 Å². The largest absolute Gasteiger partial charge is 0.494 e. The van der Waals surface area contributed by atoms with Gasteiger partial charge in [0, 0.05) is 11.3 Å². The van der Waals surface area contributed by atoms with Gasteiger partial charge in [-0.25, -0.2) is 0 Å². The summed E-state index contributed by atoms with van der Waals surface area (Å²) in [6.45, 7) is 0.726. The van der Waals surface area contributed by atoms with Gasteiger partial charge in [-0.2, -0.15) is 0 Å². The summed E-state index contributed by atoms with van der Waals surface area (Å²) in [6.07, 6.45) is 2.04. The maximum atomic E-state index is 5.66. The van der Waals surface area contributed by atoms with Gasteiger partial charge >= 0.3 is 0 Å². The first-order chi connectivity index (χ1) is 11.4. The highest BCUT2D eigenvalue weighted by Crippen LogP contribution is 2.23. The fourth-order valence-electron chi connectivity index (χ4n) is 2.04. The van der Waals surface area contributed by atoms with Gasteiger partial charge in [-0.05, 0) is 37.1 Å². The summed E-state index contributed by atoms with van der Waals surface area (Å²) in [7, 11) is 0. The second-order valence-corrected chi connectivity index (χ2v) is 6.00. The van der Waals surface area contributed by atoms with Crippen molar-refractivity contribution in [2.75, 3.05) is 12.4 Å². The van der Waals surface area contributed by atoms with Crippen LogP contribution in [0.2, 0.25) is 0 Å². The normalized spacial score (nSPS) is 10.6. The van der Waals surface area contributed by atoms with Gasteiger partial charge in [-0.15, -0.1) is 10.2 Å². The zero-order valence-corrected chi connectivity index (χ0v) is 13.5. The van der Waals surface area contributed by atoms with Crippen molar-refractivity contribution in [1.82, 2.24) is 10.2 Å². The summed E-state index contributed by atoms with van der Waals surface area (Å²) in [6, 6.07) is 19.7. The Morgan fingerprint density at radius 1 is 0.870 bits per heavy atom. The lowest BCUT2D eigenvalue weighted by molar-refractivity contribution is 0.310. The van der Waals surface area contributed by atoms with Gasteiger partial charge in [0.25, 0.3) is 5.22 Å². The molecule has 4 nitrogen and oxygen atoms in total. The smallest absolute Gasteiger partial charge is 0.276 e. The number of aromatic nitrogens is 2. The SMILES string of the molecule is c1ccc(OCCCCSc2nnc(-c3ccccc3)o2)cc1. The van der Waals surface area contributed by atoms with E-state index in [1.165, 1.54) is 0 Å². The molecule has 0 saturated carbocycles. The van der Waals surface area contributed by atoms with Crippen molar-refractivity contribution in [2.24, 2.45) is 0 Å². The summed E-state index contributed by atoms with van der Waals surface area (Å²) in [5, 5.41) is 8.77. The number of ether oxygens (including phenoxy) is 1. The van der Waals surface area contributed by atoms with Crippen LogP contribution in [0, 0.1) is 0 Å². The lowest BCUT2D eigenvalue weighted by atomic mass is 10.2. The van der Waals surface area contributed by atoms with Crippen molar-refractivity contribution in [3.8, 4) is 17.2 Å². The van der Waals surface area contributed by atoms with Crippen molar-refractivity contribution in [3.63, 3.8) is 0 Å². The van der Waals surface area contributed by atoms with Gasteiger partial charge in [0.05, 0.1) is 6.61 Å². The third-order valence-electron chi connectivity index (χ3n) is 3.20. The summed E-state index contributed by atoms with van der Waals surface area (Å²) in [5.41, 5.74) is 0.947. The average Bonchev–Trinajstić information content (AvgIpc) is 3.09. The molecule has 23 heavy (non-hydrogen) atoms. The van der Waals surface area contributed by atoms with E-state index in [0.717, 1.165) is 36.5 Å². The molecular formula is C18H18N2O2S. The molecule has 118 valence electrons. The molecule has 1 aromatic heterocycles. The number of para-hydroxylation sites is 1. The lowest BCUT2D eigenvalue weighted by Gasteiger charge is -2.04. The molecule has 0 unspecified atom stereocenters. The van der Waals surface area contributed by atoms with Crippen LogP contribution in [0.15, 0.2) is 70.3 Å². The van der Waals surface area contributed by atoms with E-state index in [-0.39, 0.29) is 0 Å².